The number of nitrogens with one attached hydrogen (secondary N) is 1. The van der Waals surface area contributed by atoms with Crippen LogP contribution in [0.5, 0.6) is 0 Å². The van der Waals surface area contributed by atoms with Gasteiger partial charge in [0.25, 0.3) is 0 Å². The average molecular weight is 302 g/mol. The molecule has 1 rings (SSSR count). The third-order valence-corrected chi connectivity index (χ3v) is 8.76. The lowest BCUT2D eigenvalue weighted by Gasteiger charge is -2.46. The fraction of sp³-hybridized carbons (Fsp3) is 0.933. The molecule has 1 heterocycles. The van der Waals surface area contributed by atoms with E-state index in [0.29, 0.717) is 0 Å². The van der Waals surface area contributed by atoms with Gasteiger partial charge in [-0.2, -0.15) is 0 Å². The Bertz CT molecular complexity index is 368. The summed E-state index contributed by atoms with van der Waals surface area (Å²) in [4.78, 5) is 11.8. The fourth-order valence-corrected chi connectivity index (χ4v) is 3.45. The molecule has 0 aromatic carbocycles. The lowest BCUT2D eigenvalue weighted by molar-refractivity contribution is -0.180. The molecule has 1 aliphatic heterocycles. The molecule has 0 aromatic heterocycles. The molecule has 3 atom stereocenters. The Hall–Kier alpha value is -0.393. The maximum absolute atomic E-state index is 11.8. The van der Waals surface area contributed by atoms with Crippen molar-refractivity contribution in [1.29, 1.82) is 0 Å². The van der Waals surface area contributed by atoms with Crippen LogP contribution < -0.4 is 5.32 Å². The Labute approximate surface area is 124 Å². The van der Waals surface area contributed by atoms with Crippen LogP contribution in [0.3, 0.4) is 0 Å². The van der Waals surface area contributed by atoms with E-state index in [0.717, 1.165) is 0 Å². The predicted octanol–water partition coefficient (Wildman–Crippen LogP) is 3.28. The first-order valence-electron chi connectivity index (χ1n) is 7.41. The predicted molar refractivity (Wildman–Crippen MR) is 84.0 cm³/mol. The molecule has 1 N–H and O–H groups in total. The van der Waals surface area contributed by atoms with Gasteiger partial charge >= 0.3 is 0 Å². The Balaban J connectivity index is 2.71. The number of rotatable bonds is 4. The molecule has 20 heavy (non-hydrogen) atoms. The highest BCUT2D eigenvalue weighted by atomic mass is 28.4. The van der Waals surface area contributed by atoms with Crippen LogP contribution in [0.15, 0.2) is 0 Å². The van der Waals surface area contributed by atoms with E-state index in [1.54, 1.807) is 0 Å². The summed E-state index contributed by atoms with van der Waals surface area (Å²) in [7, 11) is -1.87. The van der Waals surface area contributed by atoms with Crippen LogP contribution in [0.2, 0.25) is 18.1 Å². The molecule has 0 saturated carbocycles. The molecule has 1 unspecified atom stereocenters. The zero-order valence-corrected chi connectivity index (χ0v) is 15.5. The van der Waals surface area contributed by atoms with Gasteiger partial charge < -0.3 is 14.5 Å². The van der Waals surface area contributed by atoms with E-state index >= 15 is 0 Å². The molecular formula is C15H31NO3Si. The summed E-state index contributed by atoms with van der Waals surface area (Å²) >= 11 is 0. The SMILES string of the molecule is CC(O[Si](C)(C)C(C)(C)C)[C@H]1C(=O)N[C@@H]1OC(C)(C)C. The van der Waals surface area contributed by atoms with E-state index in [4.69, 9.17) is 9.16 Å². The summed E-state index contributed by atoms with van der Waals surface area (Å²) < 4.78 is 12.2. The number of hydrogen-bond acceptors (Lipinski definition) is 3. The highest BCUT2D eigenvalue weighted by molar-refractivity contribution is 6.74. The van der Waals surface area contributed by atoms with Crippen LogP contribution in [0.4, 0.5) is 0 Å². The van der Waals surface area contributed by atoms with Crippen LogP contribution in [-0.2, 0) is 14.0 Å². The molecule has 1 aliphatic rings. The second-order valence-corrected chi connectivity index (χ2v) is 13.0. The van der Waals surface area contributed by atoms with Crippen LogP contribution in [-0.4, -0.2) is 32.2 Å². The third-order valence-electron chi connectivity index (χ3n) is 4.19. The molecule has 1 saturated heterocycles. The Morgan fingerprint density at radius 2 is 1.65 bits per heavy atom. The minimum absolute atomic E-state index is 0.0328. The Morgan fingerprint density at radius 3 is 2.00 bits per heavy atom. The molecule has 118 valence electrons. The van der Waals surface area contributed by atoms with Gasteiger partial charge in [0.1, 0.15) is 12.1 Å². The molecular weight excluding hydrogens is 270 g/mol. The largest absolute Gasteiger partial charge is 0.413 e. The van der Waals surface area contributed by atoms with E-state index in [2.05, 4.69) is 39.2 Å². The van der Waals surface area contributed by atoms with Gasteiger partial charge in [-0.05, 0) is 45.8 Å². The first kappa shape index (κ1) is 17.7. The van der Waals surface area contributed by atoms with Gasteiger partial charge in [-0.25, -0.2) is 0 Å². The molecule has 0 radical (unpaired) electrons. The normalized spacial score (nSPS) is 25.9. The maximum Gasteiger partial charge on any atom is 0.232 e. The van der Waals surface area contributed by atoms with Gasteiger partial charge in [0.05, 0.1) is 11.7 Å². The van der Waals surface area contributed by atoms with Crippen molar-refractivity contribution in [2.75, 3.05) is 0 Å². The van der Waals surface area contributed by atoms with Crippen LogP contribution in [0, 0.1) is 5.92 Å². The van der Waals surface area contributed by atoms with Gasteiger partial charge in [-0.1, -0.05) is 20.8 Å². The molecule has 1 amide bonds. The second-order valence-electron chi connectivity index (χ2n) is 8.27. The van der Waals surface area contributed by atoms with E-state index in [-0.39, 0.29) is 34.8 Å². The molecule has 4 nitrogen and oxygen atoms in total. The van der Waals surface area contributed by atoms with Gasteiger partial charge in [-0.15, -0.1) is 0 Å². The molecule has 0 aliphatic carbocycles. The summed E-state index contributed by atoms with van der Waals surface area (Å²) in [6.45, 7) is 19.0. The van der Waals surface area contributed by atoms with Crippen LogP contribution in [0.1, 0.15) is 48.5 Å². The van der Waals surface area contributed by atoms with Crippen LogP contribution >= 0.6 is 0 Å². The molecule has 1 fully saturated rings. The Morgan fingerprint density at radius 1 is 1.15 bits per heavy atom. The molecule has 5 heteroatoms. The van der Waals surface area contributed by atoms with Crippen molar-refractivity contribution in [3.8, 4) is 0 Å². The number of β-lactam (4-membered cyclic amide) rings is 1. The summed E-state index contributed by atoms with van der Waals surface area (Å²) in [5.74, 6) is -0.172. The van der Waals surface area contributed by atoms with Crippen molar-refractivity contribution in [1.82, 2.24) is 5.32 Å². The van der Waals surface area contributed by atoms with Gasteiger partial charge in [0.2, 0.25) is 5.91 Å². The third kappa shape index (κ3) is 4.05. The van der Waals surface area contributed by atoms with E-state index < -0.39 is 8.32 Å². The highest BCUT2D eigenvalue weighted by Crippen LogP contribution is 2.39. The highest BCUT2D eigenvalue weighted by Gasteiger charge is 2.49. The van der Waals surface area contributed by atoms with Crippen molar-refractivity contribution in [2.45, 2.75) is 84.5 Å². The summed E-state index contributed by atoms with van der Waals surface area (Å²) in [6.07, 6.45) is -0.348. The van der Waals surface area contributed by atoms with E-state index in [1.807, 2.05) is 27.7 Å². The zero-order valence-electron chi connectivity index (χ0n) is 14.5. The lowest BCUT2D eigenvalue weighted by Crippen LogP contribution is -2.66. The maximum atomic E-state index is 11.8. The van der Waals surface area contributed by atoms with Gasteiger partial charge in [0, 0.05) is 0 Å². The van der Waals surface area contributed by atoms with Gasteiger partial charge in [-0.3, -0.25) is 4.79 Å². The van der Waals surface area contributed by atoms with Crippen LogP contribution in [0.25, 0.3) is 0 Å². The fourth-order valence-electron chi connectivity index (χ4n) is 2.03. The first-order valence-corrected chi connectivity index (χ1v) is 10.3. The molecule has 0 spiro atoms. The summed E-state index contributed by atoms with van der Waals surface area (Å²) in [6, 6.07) is 0. The quantitative estimate of drug-likeness (QED) is 0.640. The van der Waals surface area contributed by atoms with Crippen molar-refractivity contribution >= 4 is 14.2 Å². The van der Waals surface area contributed by atoms with E-state index in [1.165, 1.54) is 0 Å². The minimum atomic E-state index is -1.87. The lowest BCUT2D eigenvalue weighted by atomic mass is 9.93. The number of carbonyl (C=O) groups excluding carboxylic acids is 1. The van der Waals surface area contributed by atoms with Crippen molar-refractivity contribution in [2.24, 2.45) is 5.92 Å². The first-order chi connectivity index (χ1) is 8.74. The second kappa shape index (κ2) is 5.43. The summed E-state index contributed by atoms with van der Waals surface area (Å²) in [5, 5.41) is 2.97. The number of ether oxygens (including phenoxy) is 1. The van der Waals surface area contributed by atoms with Gasteiger partial charge in [0.15, 0.2) is 8.32 Å². The van der Waals surface area contributed by atoms with Crippen molar-refractivity contribution < 1.29 is 14.0 Å². The topological polar surface area (TPSA) is 47.6 Å². The van der Waals surface area contributed by atoms with E-state index in [9.17, 15) is 4.79 Å². The summed E-state index contributed by atoms with van der Waals surface area (Å²) in [5.41, 5.74) is -0.271. The number of amides is 1. The molecule has 0 aromatic rings. The van der Waals surface area contributed by atoms with Crippen molar-refractivity contribution in [3.63, 3.8) is 0 Å². The Kier molecular flexibility index (Phi) is 4.79. The van der Waals surface area contributed by atoms with Crippen molar-refractivity contribution in [3.05, 3.63) is 0 Å². The number of carbonyl (C=O) groups is 1. The molecule has 0 bridgehead atoms. The standard InChI is InChI=1S/C15H31NO3Si/c1-10(19-20(8,9)15(5,6)7)11-12(17)16-13(11)18-14(2,3)4/h10-11,13H,1-9H3,(H,16,17)/t10?,11-,13+/m0/s1. The number of hydrogen-bond donors (Lipinski definition) is 1. The smallest absolute Gasteiger partial charge is 0.232 e. The monoisotopic (exact) mass is 301 g/mol. The zero-order chi connectivity index (χ0) is 15.9. The average Bonchev–Trinajstić information content (AvgIpc) is 2.10. The minimum Gasteiger partial charge on any atom is -0.413 e.